The van der Waals surface area contributed by atoms with E-state index >= 15 is 0 Å². The number of hydrogen-bond acceptors (Lipinski definition) is 4. The van der Waals surface area contributed by atoms with Gasteiger partial charge in [-0.05, 0) is 31.4 Å². The Morgan fingerprint density at radius 1 is 1.47 bits per heavy atom. The third-order valence-corrected chi connectivity index (χ3v) is 6.70. The zero-order valence-corrected chi connectivity index (χ0v) is 12.3. The van der Waals surface area contributed by atoms with E-state index in [0.717, 1.165) is 24.1 Å². The fourth-order valence-corrected chi connectivity index (χ4v) is 4.98. The Morgan fingerprint density at radius 3 is 2.63 bits per heavy atom. The molecule has 0 unspecified atom stereocenters. The molecule has 0 radical (unpaired) electrons. The number of sulfonamides is 1. The molecule has 0 atom stereocenters. The maximum absolute atomic E-state index is 12.5. The Hall–Kier alpha value is -0.920. The van der Waals surface area contributed by atoms with Crippen LogP contribution in [0.25, 0.3) is 0 Å². The number of nitrogens with zero attached hydrogens (tertiary/aromatic N) is 1. The van der Waals surface area contributed by atoms with E-state index in [0.29, 0.717) is 4.21 Å². The summed E-state index contributed by atoms with van der Waals surface area (Å²) in [6.45, 7) is 2.03. The van der Waals surface area contributed by atoms with E-state index in [2.05, 4.69) is 0 Å². The Kier molecular flexibility index (Phi) is 4.27. The summed E-state index contributed by atoms with van der Waals surface area (Å²) in [6.07, 6.45) is 2.30. The lowest BCUT2D eigenvalue weighted by atomic mass is 10.4. The number of carboxylic acids is 1. The predicted molar refractivity (Wildman–Crippen MR) is 72.9 cm³/mol. The van der Waals surface area contributed by atoms with Gasteiger partial charge in [-0.15, -0.1) is 11.3 Å². The van der Waals surface area contributed by atoms with E-state index in [1.54, 1.807) is 6.07 Å². The molecule has 1 aliphatic rings. The molecule has 1 heterocycles. The molecule has 0 saturated heterocycles. The molecule has 1 saturated carbocycles. The van der Waals surface area contributed by atoms with Crippen LogP contribution >= 0.6 is 11.3 Å². The van der Waals surface area contributed by atoms with Gasteiger partial charge >= 0.3 is 5.97 Å². The molecule has 1 N–H and O–H groups in total. The third-order valence-electron chi connectivity index (χ3n) is 3.05. The summed E-state index contributed by atoms with van der Waals surface area (Å²) in [5.41, 5.74) is 0. The van der Waals surface area contributed by atoms with Crippen molar-refractivity contribution in [3.8, 4) is 0 Å². The fraction of sp³-hybridized carbons (Fsp3) is 0.583. The predicted octanol–water partition coefficient (Wildman–Crippen LogP) is 1.94. The molecule has 5 nitrogen and oxygen atoms in total. The molecular weight excluding hydrogens is 286 g/mol. The zero-order valence-electron chi connectivity index (χ0n) is 10.7. The van der Waals surface area contributed by atoms with Crippen molar-refractivity contribution in [3.63, 3.8) is 0 Å². The molecule has 2 rings (SSSR count). The average molecular weight is 303 g/mol. The average Bonchev–Trinajstić information content (AvgIpc) is 3.05. The van der Waals surface area contributed by atoms with Crippen LogP contribution in [0, 0.1) is 0 Å². The molecular formula is C12H17NO4S2. The van der Waals surface area contributed by atoms with E-state index < -0.39 is 16.0 Å². The Morgan fingerprint density at radius 2 is 2.16 bits per heavy atom. The van der Waals surface area contributed by atoms with Crippen molar-refractivity contribution < 1.29 is 18.3 Å². The van der Waals surface area contributed by atoms with Crippen LogP contribution in [0.3, 0.4) is 0 Å². The van der Waals surface area contributed by atoms with Gasteiger partial charge in [0, 0.05) is 17.5 Å². The van der Waals surface area contributed by atoms with E-state index in [1.807, 2.05) is 13.0 Å². The first kappa shape index (κ1) is 14.5. The highest BCUT2D eigenvalue weighted by molar-refractivity contribution is 7.91. The highest BCUT2D eigenvalue weighted by atomic mass is 32.2. The largest absolute Gasteiger partial charge is 0.481 e. The van der Waals surface area contributed by atoms with E-state index in [-0.39, 0.29) is 19.0 Å². The van der Waals surface area contributed by atoms with Crippen molar-refractivity contribution in [3.05, 3.63) is 17.0 Å². The Balaban J connectivity index is 2.21. The van der Waals surface area contributed by atoms with Crippen LogP contribution < -0.4 is 0 Å². The van der Waals surface area contributed by atoms with Crippen molar-refractivity contribution in [2.75, 3.05) is 6.54 Å². The van der Waals surface area contributed by atoms with E-state index in [1.165, 1.54) is 15.6 Å². The van der Waals surface area contributed by atoms with Gasteiger partial charge in [0.25, 0.3) is 10.0 Å². The number of aryl methyl sites for hydroxylation is 1. The molecule has 106 valence electrons. The summed E-state index contributed by atoms with van der Waals surface area (Å²) in [7, 11) is -3.53. The number of thiophene rings is 1. The Bertz CT molecular complexity index is 560. The minimum Gasteiger partial charge on any atom is -0.481 e. The van der Waals surface area contributed by atoms with Gasteiger partial charge in [0.05, 0.1) is 6.42 Å². The molecule has 0 aromatic carbocycles. The molecule has 0 spiro atoms. The summed E-state index contributed by atoms with van der Waals surface area (Å²) < 4.78 is 26.7. The van der Waals surface area contributed by atoms with E-state index in [9.17, 15) is 13.2 Å². The topological polar surface area (TPSA) is 74.7 Å². The molecule has 1 fully saturated rings. The lowest BCUT2D eigenvalue weighted by Crippen LogP contribution is -2.34. The minimum atomic E-state index is -3.53. The van der Waals surface area contributed by atoms with Crippen LogP contribution in [0.2, 0.25) is 0 Å². The summed E-state index contributed by atoms with van der Waals surface area (Å²) in [5.74, 6) is -0.971. The Labute approximate surface area is 116 Å². The first-order chi connectivity index (χ1) is 8.95. The van der Waals surface area contributed by atoms with Crippen molar-refractivity contribution in [2.45, 2.75) is 42.9 Å². The summed E-state index contributed by atoms with van der Waals surface area (Å²) >= 11 is 1.27. The van der Waals surface area contributed by atoms with Crippen molar-refractivity contribution >= 4 is 27.3 Å². The molecule has 1 aromatic rings. The summed E-state index contributed by atoms with van der Waals surface area (Å²) in [4.78, 5) is 11.7. The third kappa shape index (κ3) is 3.34. The first-order valence-corrected chi connectivity index (χ1v) is 8.53. The molecule has 19 heavy (non-hydrogen) atoms. The fourth-order valence-electron chi connectivity index (χ4n) is 1.87. The van der Waals surface area contributed by atoms with Gasteiger partial charge in [0.15, 0.2) is 0 Å². The first-order valence-electron chi connectivity index (χ1n) is 6.27. The highest BCUT2D eigenvalue weighted by Crippen LogP contribution is 2.34. The van der Waals surface area contributed by atoms with Crippen molar-refractivity contribution in [1.29, 1.82) is 0 Å². The van der Waals surface area contributed by atoms with Gasteiger partial charge < -0.3 is 5.11 Å². The van der Waals surface area contributed by atoms with Crippen LogP contribution in [0.15, 0.2) is 16.3 Å². The second-order valence-electron chi connectivity index (χ2n) is 4.56. The standard InChI is InChI=1S/C12H17NO4S2/c1-2-10-5-6-12(18-10)19(16,17)13(9-3-4-9)8-7-11(14)15/h5-6,9H,2-4,7-8H2,1H3,(H,14,15). The van der Waals surface area contributed by atoms with Crippen LogP contribution in [0.4, 0.5) is 0 Å². The molecule has 1 aliphatic carbocycles. The van der Waals surface area contributed by atoms with Crippen LogP contribution in [0.5, 0.6) is 0 Å². The molecule has 0 amide bonds. The van der Waals surface area contributed by atoms with Crippen LogP contribution in [-0.2, 0) is 21.2 Å². The number of carbonyl (C=O) groups is 1. The second kappa shape index (κ2) is 5.60. The summed E-state index contributed by atoms with van der Waals surface area (Å²) in [6, 6.07) is 3.42. The van der Waals surface area contributed by atoms with Crippen LogP contribution in [0.1, 0.15) is 31.1 Å². The quantitative estimate of drug-likeness (QED) is 0.835. The smallest absolute Gasteiger partial charge is 0.304 e. The number of aliphatic carboxylic acids is 1. The van der Waals surface area contributed by atoms with Gasteiger partial charge in [-0.1, -0.05) is 6.92 Å². The number of hydrogen-bond donors (Lipinski definition) is 1. The van der Waals surface area contributed by atoms with Gasteiger partial charge in [0.1, 0.15) is 4.21 Å². The van der Waals surface area contributed by atoms with Gasteiger partial charge in [-0.3, -0.25) is 4.79 Å². The van der Waals surface area contributed by atoms with Gasteiger partial charge in [-0.2, -0.15) is 4.31 Å². The highest BCUT2D eigenvalue weighted by Gasteiger charge is 2.38. The van der Waals surface area contributed by atoms with Crippen molar-refractivity contribution in [1.82, 2.24) is 4.31 Å². The van der Waals surface area contributed by atoms with Crippen molar-refractivity contribution in [2.24, 2.45) is 0 Å². The lowest BCUT2D eigenvalue weighted by molar-refractivity contribution is -0.137. The normalized spacial score (nSPS) is 15.9. The molecule has 0 aliphatic heterocycles. The monoisotopic (exact) mass is 303 g/mol. The van der Waals surface area contributed by atoms with Crippen LogP contribution in [-0.4, -0.2) is 36.4 Å². The SMILES string of the molecule is CCc1ccc(S(=O)(=O)N(CCC(=O)O)C2CC2)s1. The molecule has 7 heteroatoms. The maximum atomic E-state index is 12.5. The number of carboxylic acid groups (broad SMARTS) is 1. The van der Waals surface area contributed by atoms with E-state index in [4.69, 9.17) is 5.11 Å². The zero-order chi connectivity index (χ0) is 14.0. The van der Waals surface area contributed by atoms with Gasteiger partial charge in [0.2, 0.25) is 0 Å². The molecule has 1 aromatic heterocycles. The van der Waals surface area contributed by atoms with Gasteiger partial charge in [-0.25, -0.2) is 8.42 Å². The molecule has 0 bridgehead atoms. The lowest BCUT2D eigenvalue weighted by Gasteiger charge is -2.19. The minimum absolute atomic E-state index is 0.0171. The summed E-state index contributed by atoms with van der Waals surface area (Å²) in [5, 5.41) is 8.72. The second-order valence-corrected chi connectivity index (χ2v) is 7.85. The maximum Gasteiger partial charge on any atom is 0.304 e. The number of rotatable bonds is 7.